The number of nitrogens with zero attached hydrogens (tertiary/aromatic N) is 1. The van der Waals surface area contributed by atoms with E-state index >= 15 is 0 Å². The molecule has 2 heteroatoms. The van der Waals surface area contributed by atoms with E-state index in [9.17, 15) is 0 Å². The van der Waals surface area contributed by atoms with Crippen LogP contribution in [-0.4, -0.2) is 22.8 Å². The summed E-state index contributed by atoms with van der Waals surface area (Å²) in [7, 11) is 0. The van der Waals surface area contributed by atoms with Crippen LogP contribution in [0.5, 0.6) is 0 Å². The third-order valence-corrected chi connectivity index (χ3v) is 3.09. The van der Waals surface area contributed by atoms with E-state index in [1.807, 2.05) is 0 Å². The van der Waals surface area contributed by atoms with Crippen molar-refractivity contribution < 1.29 is 0 Å². The van der Waals surface area contributed by atoms with Crippen molar-refractivity contribution in [3.63, 3.8) is 0 Å². The Morgan fingerprint density at radius 2 is 1.41 bits per heavy atom. The molecule has 0 saturated carbocycles. The Hall–Kier alpha value is -1.31. The average Bonchev–Trinajstić information content (AvgIpc) is 2.15. The van der Waals surface area contributed by atoms with Gasteiger partial charge in [-0.1, -0.05) is 18.2 Å². The summed E-state index contributed by atoms with van der Waals surface area (Å²) < 4.78 is 0. The van der Waals surface area contributed by atoms with Gasteiger partial charge in [0.05, 0.1) is 0 Å². The van der Waals surface area contributed by atoms with Crippen molar-refractivity contribution in [2.45, 2.75) is 53.6 Å². The third-order valence-electron chi connectivity index (χ3n) is 3.09. The minimum absolute atomic E-state index is 0.349. The van der Waals surface area contributed by atoms with Crippen molar-refractivity contribution in [2.75, 3.05) is 0 Å². The predicted octanol–water partition coefficient (Wildman–Crippen LogP) is 3.75. The van der Waals surface area contributed by atoms with E-state index in [1.165, 1.54) is 11.1 Å². The highest BCUT2D eigenvalue weighted by atomic mass is 15.2. The van der Waals surface area contributed by atoms with Crippen LogP contribution in [0, 0.1) is 19.3 Å². The molecular weight excluding hydrogens is 208 g/mol. The molecule has 0 aromatic heterocycles. The molecule has 1 aromatic rings. The largest absolute Gasteiger partial charge is 0.352 e. The van der Waals surface area contributed by atoms with E-state index in [-0.39, 0.29) is 0 Å². The molecule has 0 aliphatic rings. The molecule has 0 spiro atoms. The Balaban J connectivity index is 3.19. The summed E-state index contributed by atoms with van der Waals surface area (Å²) >= 11 is 0. The van der Waals surface area contributed by atoms with Crippen LogP contribution in [-0.2, 0) is 0 Å². The zero-order valence-corrected chi connectivity index (χ0v) is 11.8. The highest BCUT2D eigenvalue weighted by molar-refractivity contribution is 5.99. The van der Waals surface area contributed by atoms with Crippen LogP contribution in [0.4, 0.5) is 0 Å². The maximum absolute atomic E-state index is 8.46. The molecule has 2 nitrogen and oxygen atoms in total. The number of aryl methyl sites for hydroxylation is 2. The van der Waals surface area contributed by atoms with Gasteiger partial charge in [-0.05, 0) is 52.7 Å². The lowest BCUT2D eigenvalue weighted by atomic mass is 10.00. The molecule has 0 aliphatic heterocycles. The molecule has 0 aliphatic carbocycles. The Morgan fingerprint density at radius 1 is 1.00 bits per heavy atom. The smallest absolute Gasteiger partial charge is 0.129 e. The topological polar surface area (TPSA) is 27.1 Å². The van der Waals surface area contributed by atoms with Crippen LogP contribution < -0.4 is 0 Å². The summed E-state index contributed by atoms with van der Waals surface area (Å²) in [5.74, 6) is 0.644. The number of rotatable bonds is 3. The molecule has 0 unspecified atom stereocenters. The molecule has 0 saturated heterocycles. The normalized spacial score (nSPS) is 11.1. The number of benzene rings is 1. The Labute approximate surface area is 105 Å². The van der Waals surface area contributed by atoms with Crippen LogP contribution >= 0.6 is 0 Å². The molecule has 17 heavy (non-hydrogen) atoms. The van der Waals surface area contributed by atoms with Crippen LogP contribution in [0.2, 0.25) is 0 Å². The fourth-order valence-corrected chi connectivity index (χ4v) is 2.43. The van der Waals surface area contributed by atoms with Gasteiger partial charge in [-0.25, -0.2) is 0 Å². The van der Waals surface area contributed by atoms with E-state index in [2.05, 4.69) is 64.6 Å². The van der Waals surface area contributed by atoms with Crippen molar-refractivity contribution >= 4 is 5.84 Å². The van der Waals surface area contributed by atoms with Crippen LogP contribution in [0.3, 0.4) is 0 Å². The minimum Gasteiger partial charge on any atom is -0.352 e. The zero-order chi connectivity index (χ0) is 13.2. The summed E-state index contributed by atoms with van der Waals surface area (Å²) in [5.41, 5.74) is 3.44. The monoisotopic (exact) mass is 232 g/mol. The van der Waals surface area contributed by atoms with E-state index in [0.717, 1.165) is 5.56 Å². The zero-order valence-electron chi connectivity index (χ0n) is 11.8. The summed E-state index contributed by atoms with van der Waals surface area (Å²) in [4.78, 5) is 2.16. The first kappa shape index (κ1) is 13.8. The van der Waals surface area contributed by atoms with E-state index in [4.69, 9.17) is 5.41 Å². The first-order valence-electron chi connectivity index (χ1n) is 6.29. The van der Waals surface area contributed by atoms with Crippen molar-refractivity contribution in [3.05, 3.63) is 34.9 Å². The second-order valence-electron chi connectivity index (χ2n) is 5.21. The van der Waals surface area contributed by atoms with Gasteiger partial charge in [-0.15, -0.1) is 0 Å². The third kappa shape index (κ3) is 2.87. The van der Waals surface area contributed by atoms with Gasteiger partial charge in [0.25, 0.3) is 0 Å². The van der Waals surface area contributed by atoms with Gasteiger partial charge < -0.3 is 4.90 Å². The maximum Gasteiger partial charge on any atom is 0.129 e. The summed E-state index contributed by atoms with van der Waals surface area (Å²) in [5, 5.41) is 8.46. The van der Waals surface area contributed by atoms with Crippen molar-refractivity contribution in [3.8, 4) is 0 Å². The van der Waals surface area contributed by atoms with Gasteiger partial charge in [0.2, 0.25) is 0 Å². The van der Waals surface area contributed by atoms with Crippen LogP contribution in [0.15, 0.2) is 18.2 Å². The van der Waals surface area contributed by atoms with Gasteiger partial charge in [-0.2, -0.15) is 0 Å². The predicted molar refractivity (Wildman–Crippen MR) is 74.9 cm³/mol. The first-order chi connectivity index (χ1) is 7.86. The molecule has 0 heterocycles. The summed E-state index contributed by atoms with van der Waals surface area (Å²) in [6.45, 7) is 12.7. The molecule has 1 rings (SSSR count). The second kappa shape index (κ2) is 5.35. The molecule has 94 valence electrons. The molecule has 1 aromatic carbocycles. The number of nitrogens with one attached hydrogen (secondary N) is 1. The van der Waals surface area contributed by atoms with Crippen LogP contribution in [0.1, 0.15) is 44.4 Å². The standard InChI is InChI=1S/C15H24N2/c1-10(2)17(11(3)4)15(16)14-12(5)8-7-9-13(14)6/h7-11,16H,1-6H3. The lowest BCUT2D eigenvalue weighted by Crippen LogP contribution is -2.42. The van der Waals surface area contributed by atoms with Gasteiger partial charge in [0.15, 0.2) is 0 Å². The van der Waals surface area contributed by atoms with Crippen molar-refractivity contribution in [1.82, 2.24) is 4.90 Å². The Kier molecular flexibility index (Phi) is 4.33. The Morgan fingerprint density at radius 3 is 1.76 bits per heavy atom. The molecule has 0 fully saturated rings. The second-order valence-corrected chi connectivity index (χ2v) is 5.21. The SMILES string of the molecule is Cc1cccc(C)c1C(=N)N(C(C)C)C(C)C. The quantitative estimate of drug-likeness (QED) is 0.623. The average molecular weight is 232 g/mol. The lowest BCUT2D eigenvalue weighted by Gasteiger charge is -2.34. The number of hydrogen-bond donors (Lipinski definition) is 1. The van der Waals surface area contributed by atoms with Crippen molar-refractivity contribution in [1.29, 1.82) is 5.41 Å². The minimum atomic E-state index is 0.349. The number of amidine groups is 1. The first-order valence-corrected chi connectivity index (χ1v) is 6.29. The summed E-state index contributed by atoms with van der Waals surface area (Å²) in [6.07, 6.45) is 0. The molecule has 0 bridgehead atoms. The number of hydrogen-bond acceptors (Lipinski definition) is 1. The van der Waals surface area contributed by atoms with Crippen LogP contribution in [0.25, 0.3) is 0 Å². The van der Waals surface area contributed by atoms with E-state index in [1.54, 1.807) is 0 Å². The lowest BCUT2D eigenvalue weighted by molar-refractivity contribution is 0.291. The Bertz CT molecular complexity index is 377. The van der Waals surface area contributed by atoms with E-state index < -0.39 is 0 Å². The van der Waals surface area contributed by atoms with Gasteiger partial charge in [0, 0.05) is 17.6 Å². The molecular formula is C15H24N2. The molecule has 0 radical (unpaired) electrons. The maximum atomic E-state index is 8.46. The molecule has 0 amide bonds. The fraction of sp³-hybridized carbons (Fsp3) is 0.533. The highest BCUT2D eigenvalue weighted by Crippen LogP contribution is 2.18. The van der Waals surface area contributed by atoms with Gasteiger partial charge in [0.1, 0.15) is 5.84 Å². The molecule has 1 N–H and O–H groups in total. The van der Waals surface area contributed by atoms with Crippen molar-refractivity contribution in [2.24, 2.45) is 0 Å². The van der Waals surface area contributed by atoms with Gasteiger partial charge in [-0.3, -0.25) is 5.41 Å². The van der Waals surface area contributed by atoms with Gasteiger partial charge >= 0.3 is 0 Å². The fourth-order valence-electron chi connectivity index (χ4n) is 2.43. The summed E-state index contributed by atoms with van der Waals surface area (Å²) in [6, 6.07) is 6.91. The highest BCUT2D eigenvalue weighted by Gasteiger charge is 2.20. The van der Waals surface area contributed by atoms with E-state index in [0.29, 0.717) is 17.9 Å². The molecule has 0 atom stereocenters.